The monoisotopic (exact) mass is 413 g/mol. The van der Waals surface area contributed by atoms with Crippen LogP contribution in [0.5, 0.6) is 0 Å². The van der Waals surface area contributed by atoms with Crippen molar-refractivity contribution in [3.05, 3.63) is 17.5 Å². The van der Waals surface area contributed by atoms with E-state index in [1.54, 1.807) is 24.6 Å². The molecule has 2 amide bonds. The van der Waals surface area contributed by atoms with Gasteiger partial charge in [-0.3, -0.25) is 9.59 Å². The van der Waals surface area contributed by atoms with E-state index in [0.717, 1.165) is 25.7 Å². The van der Waals surface area contributed by atoms with Crippen LogP contribution in [0.3, 0.4) is 0 Å². The van der Waals surface area contributed by atoms with Crippen molar-refractivity contribution in [3.8, 4) is 0 Å². The Balaban J connectivity index is 1.35. The van der Waals surface area contributed by atoms with Crippen LogP contribution < -0.4 is 5.32 Å². The summed E-state index contributed by atoms with van der Waals surface area (Å²) in [5, 5.41) is 4.75. The smallest absolute Gasteiger partial charge is 0.252 e. The zero-order valence-electron chi connectivity index (χ0n) is 15.6. The van der Waals surface area contributed by atoms with Crippen LogP contribution in [-0.4, -0.2) is 62.2 Å². The second kappa shape index (κ2) is 8.70. The SMILES string of the molecule is CN(CCCC(=O)NC1CCN(C(=O)C2CC2)CC1)S(=O)(=O)c1cccs1. The van der Waals surface area contributed by atoms with Gasteiger partial charge in [0.05, 0.1) is 0 Å². The van der Waals surface area contributed by atoms with Crippen molar-refractivity contribution in [2.45, 2.75) is 48.8 Å². The molecular weight excluding hydrogens is 386 g/mol. The first-order valence-corrected chi connectivity index (χ1v) is 11.8. The normalized spacial score (nSPS) is 18.7. The summed E-state index contributed by atoms with van der Waals surface area (Å²) in [4.78, 5) is 26.1. The summed E-state index contributed by atoms with van der Waals surface area (Å²) >= 11 is 1.19. The number of rotatable bonds is 8. The minimum absolute atomic E-state index is 0.0520. The molecule has 0 aromatic carbocycles. The maximum atomic E-state index is 12.3. The van der Waals surface area contributed by atoms with E-state index in [4.69, 9.17) is 0 Å². The number of likely N-dealkylation sites (tertiary alicyclic amines) is 1. The predicted octanol–water partition coefficient (Wildman–Crippen LogP) is 1.67. The fourth-order valence-corrected chi connectivity index (χ4v) is 5.69. The van der Waals surface area contributed by atoms with Crippen LogP contribution in [-0.2, 0) is 19.6 Å². The van der Waals surface area contributed by atoms with Gasteiger partial charge in [-0.25, -0.2) is 12.7 Å². The van der Waals surface area contributed by atoms with Crippen molar-refractivity contribution >= 4 is 33.2 Å². The third-order valence-corrected chi connectivity index (χ3v) is 8.36. The topological polar surface area (TPSA) is 86.8 Å². The number of sulfonamides is 1. The fraction of sp³-hybridized carbons (Fsp3) is 0.667. The molecule has 9 heteroatoms. The number of piperidine rings is 1. The molecule has 1 N–H and O–H groups in total. The highest BCUT2D eigenvalue weighted by molar-refractivity contribution is 7.91. The van der Waals surface area contributed by atoms with E-state index in [2.05, 4.69) is 5.32 Å². The molecule has 150 valence electrons. The first kappa shape index (κ1) is 20.3. The van der Waals surface area contributed by atoms with Gasteiger partial charge in [0.15, 0.2) is 0 Å². The van der Waals surface area contributed by atoms with Crippen molar-refractivity contribution in [1.29, 1.82) is 0 Å². The number of hydrogen-bond acceptors (Lipinski definition) is 5. The van der Waals surface area contributed by atoms with Crippen LogP contribution in [0, 0.1) is 5.92 Å². The van der Waals surface area contributed by atoms with Crippen LogP contribution in [0.2, 0.25) is 0 Å². The predicted molar refractivity (Wildman–Crippen MR) is 104 cm³/mol. The van der Waals surface area contributed by atoms with Crippen LogP contribution in [0.25, 0.3) is 0 Å². The summed E-state index contributed by atoms with van der Waals surface area (Å²) in [6.07, 6.45) is 4.39. The molecule has 1 aromatic heterocycles. The number of carbonyl (C=O) groups is 2. The number of amides is 2. The van der Waals surface area contributed by atoms with Crippen LogP contribution in [0.1, 0.15) is 38.5 Å². The summed E-state index contributed by atoms with van der Waals surface area (Å²) in [6.45, 7) is 1.73. The zero-order valence-corrected chi connectivity index (χ0v) is 17.2. The van der Waals surface area contributed by atoms with E-state index in [9.17, 15) is 18.0 Å². The van der Waals surface area contributed by atoms with Gasteiger partial charge in [0.2, 0.25) is 11.8 Å². The lowest BCUT2D eigenvalue weighted by molar-refractivity contribution is -0.133. The molecule has 1 aromatic rings. The van der Waals surface area contributed by atoms with Crippen LogP contribution in [0.4, 0.5) is 0 Å². The Morgan fingerprint density at radius 1 is 1.26 bits per heavy atom. The average molecular weight is 414 g/mol. The van der Waals surface area contributed by atoms with Gasteiger partial charge in [0.1, 0.15) is 4.21 Å². The average Bonchev–Trinajstić information content (AvgIpc) is 3.34. The largest absolute Gasteiger partial charge is 0.353 e. The molecule has 2 heterocycles. The van der Waals surface area contributed by atoms with Crippen molar-refractivity contribution in [1.82, 2.24) is 14.5 Å². The minimum atomic E-state index is -3.45. The summed E-state index contributed by atoms with van der Waals surface area (Å²) in [6, 6.07) is 3.40. The highest BCUT2D eigenvalue weighted by Crippen LogP contribution is 2.31. The zero-order chi connectivity index (χ0) is 19.4. The second-order valence-electron chi connectivity index (χ2n) is 7.30. The van der Waals surface area contributed by atoms with Crippen molar-refractivity contribution in [3.63, 3.8) is 0 Å². The molecular formula is C18H27N3O4S2. The van der Waals surface area contributed by atoms with Crippen LogP contribution >= 0.6 is 11.3 Å². The van der Waals surface area contributed by atoms with Gasteiger partial charge in [-0.2, -0.15) is 0 Å². The standard InChI is InChI=1S/C18H27N3O4S2/c1-20(27(24,25)17-5-3-13-26-17)10-2-4-16(22)19-15-8-11-21(12-9-15)18(23)14-6-7-14/h3,5,13-15H,2,4,6-12H2,1H3,(H,19,22). The van der Waals surface area contributed by atoms with E-state index in [-0.39, 0.29) is 23.8 Å². The molecule has 0 radical (unpaired) electrons. The lowest BCUT2D eigenvalue weighted by Crippen LogP contribution is -2.47. The maximum Gasteiger partial charge on any atom is 0.252 e. The Bertz CT molecular complexity index is 752. The molecule has 2 aliphatic rings. The molecule has 27 heavy (non-hydrogen) atoms. The molecule has 1 saturated heterocycles. The minimum Gasteiger partial charge on any atom is -0.353 e. The molecule has 0 atom stereocenters. The van der Waals surface area contributed by atoms with Gasteiger partial charge in [0, 0.05) is 45.1 Å². The Morgan fingerprint density at radius 2 is 1.96 bits per heavy atom. The molecule has 0 spiro atoms. The lowest BCUT2D eigenvalue weighted by atomic mass is 10.0. The first-order valence-electron chi connectivity index (χ1n) is 9.46. The molecule has 0 bridgehead atoms. The third-order valence-electron chi connectivity index (χ3n) is 5.13. The Kier molecular flexibility index (Phi) is 6.54. The fourth-order valence-electron chi connectivity index (χ4n) is 3.28. The van der Waals surface area contributed by atoms with Crippen molar-refractivity contribution in [2.75, 3.05) is 26.7 Å². The lowest BCUT2D eigenvalue weighted by Gasteiger charge is -2.32. The summed E-state index contributed by atoms with van der Waals surface area (Å²) < 4.78 is 26.3. The quantitative estimate of drug-likeness (QED) is 0.702. The van der Waals surface area contributed by atoms with Crippen molar-refractivity contribution in [2.24, 2.45) is 5.92 Å². The van der Waals surface area contributed by atoms with Gasteiger partial charge >= 0.3 is 0 Å². The van der Waals surface area contributed by atoms with E-state index in [0.29, 0.717) is 36.7 Å². The van der Waals surface area contributed by atoms with E-state index >= 15 is 0 Å². The molecule has 1 saturated carbocycles. The molecule has 3 rings (SSSR count). The van der Waals surface area contributed by atoms with E-state index in [1.165, 1.54) is 15.6 Å². The number of nitrogens with zero attached hydrogens (tertiary/aromatic N) is 2. The number of thiophene rings is 1. The van der Waals surface area contributed by atoms with Crippen molar-refractivity contribution < 1.29 is 18.0 Å². The maximum absolute atomic E-state index is 12.3. The third kappa shape index (κ3) is 5.30. The molecule has 0 unspecified atom stereocenters. The van der Waals surface area contributed by atoms with Gasteiger partial charge in [-0.1, -0.05) is 6.07 Å². The number of carbonyl (C=O) groups excluding carboxylic acids is 2. The molecule has 1 aliphatic heterocycles. The molecule has 7 nitrogen and oxygen atoms in total. The summed E-state index contributed by atoms with van der Waals surface area (Å²) in [5.41, 5.74) is 0. The summed E-state index contributed by atoms with van der Waals surface area (Å²) in [7, 11) is -1.91. The molecule has 1 aliphatic carbocycles. The highest BCUT2D eigenvalue weighted by Gasteiger charge is 2.35. The highest BCUT2D eigenvalue weighted by atomic mass is 32.2. The molecule has 2 fully saturated rings. The van der Waals surface area contributed by atoms with Gasteiger partial charge in [-0.05, 0) is 43.6 Å². The number of hydrogen-bond donors (Lipinski definition) is 1. The van der Waals surface area contributed by atoms with Crippen LogP contribution in [0.15, 0.2) is 21.7 Å². The Morgan fingerprint density at radius 3 is 2.56 bits per heavy atom. The second-order valence-corrected chi connectivity index (χ2v) is 10.5. The Hall–Kier alpha value is -1.45. The van der Waals surface area contributed by atoms with Gasteiger partial charge in [0.25, 0.3) is 10.0 Å². The first-order chi connectivity index (χ1) is 12.9. The Labute approximate surface area is 164 Å². The van der Waals surface area contributed by atoms with E-state index < -0.39 is 10.0 Å². The van der Waals surface area contributed by atoms with Gasteiger partial charge < -0.3 is 10.2 Å². The number of nitrogens with one attached hydrogen (secondary N) is 1. The summed E-state index contributed by atoms with van der Waals surface area (Å²) in [5.74, 6) is 0.470. The van der Waals surface area contributed by atoms with E-state index in [1.807, 2.05) is 4.90 Å². The van der Waals surface area contributed by atoms with Gasteiger partial charge in [-0.15, -0.1) is 11.3 Å².